The smallest absolute Gasteiger partial charge is 0.308 e. The molecule has 0 bridgehead atoms. The number of amides is 2. The van der Waals surface area contributed by atoms with E-state index in [1.165, 1.54) is 14.2 Å². The third-order valence-electron chi connectivity index (χ3n) is 6.48. The normalized spacial score (nSPS) is 19.9. The minimum atomic E-state index is -0.376. The van der Waals surface area contributed by atoms with Crippen molar-refractivity contribution in [3.8, 4) is 0 Å². The van der Waals surface area contributed by atoms with Gasteiger partial charge in [0.15, 0.2) is 0 Å². The summed E-state index contributed by atoms with van der Waals surface area (Å²) in [6.07, 6.45) is 0.781. The molecule has 0 aromatic carbocycles. The maximum absolute atomic E-state index is 13.1. The van der Waals surface area contributed by atoms with Gasteiger partial charge in [0.25, 0.3) is 0 Å². The molecule has 1 fully saturated rings. The molecule has 0 saturated carbocycles. The molecule has 0 aromatic heterocycles. The van der Waals surface area contributed by atoms with E-state index in [-0.39, 0.29) is 47.4 Å². The van der Waals surface area contributed by atoms with E-state index in [1.54, 1.807) is 37.5 Å². The van der Waals surface area contributed by atoms with Crippen molar-refractivity contribution in [2.45, 2.75) is 40.5 Å². The zero-order valence-electron chi connectivity index (χ0n) is 23.4. The second-order valence-electron chi connectivity index (χ2n) is 9.61. The van der Waals surface area contributed by atoms with Gasteiger partial charge in [-0.1, -0.05) is 27.7 Å². The summed E-state index contributed by atoms with van der Waals surface area (Å²) < 4.78 is 26.6. The Balaban J connectivity index is 2.72. The summed E-state index contributed by atoms with van der Waals surface area (Å²) in [5.74, 6) is -2.30. The van der Waals surface area contributed by atoms with Crippen molar-refractivity contribution < 1.29 is 42.9 Å². The van der Waals surface area contributed by atoms with E-state index in [4.69, 9.17) is 23.7 Å². The molecule has 1 aliphatic heterocycles. The lowest BCUT2D eigenvalue weighted by atomic mass is 9.96. The average Bonchev–Trinajstić information content (AvgIpc) is 2.90. The third-order valence-corrected chi connectivity index (χ3v) is 6.48. The van der Waals surface area contributed by atoms with Gasteiger partial charge >= 0.3 is 11.9 Å². The zero-order chi connectivity index (χ0) is 27.8. The summed E-state index contributed by atoms with van der Waals surface area (Å²) in [7, 11) is 2.68. The number of carbonyl (C=O) groups excluding carboxylic acids is 4. The molecule has 4 atom stereocenters. The molecule has 0 N–H and O–H groups in total. The van der Waals surface area contributed by atoms with Crippen LogP contribution in [0.3, 0.4) is 0 Å². The molecule has 1 rings (SSSR count). The Morgan fingerprint density at radius 1 is 0.568 bits per heavy atom. The Kier molecular flexibility index (Phi) is 16.0. The predicted octanol–water partition coefficient (Wildman–Crippen LogP) is 1.38. The Morgan fingerprint density at radius 2 is 0.865 bits per heavy atom. The fourth-order valence-electron chi connectivity index (χ4n) is 4.27. The number of nitrogens with zero attached hydrogens (tertiary/aromatic N) is 2. The molecule has 11 heteroatoms. The second-order valence-corrected chi connectivity index (χ2v) is 9.61. The fraction of sp³-hybridized carbons (Fsp3) is 0.846. The lowest BCUT2D eigenvalue weighted by Gasteiger charge is -2.27. The van der Waals surface area contributed by atoms with Gasteiger partial charge in [0.2, 0.25) is 11.8 Å². The highest BCUT2D eigenvalue weighted by molar-refractivity contribution is 5.80. The fourth-order valence-corrected chi connectivity index (χ4v) is 4.27. The first-order valence-electron chi connectivity index (χ1n) is 13.1. The standard InChI is InChI=1S/C26H46N2O9/c1-19(17-21(3)25(31)33-5)23(29)27-7-11-35-12-8-28(10-14-37-16-15-36-13-9-27)24(30)20(2)18-22(4)26(32)34-6/h19-22H,7-18H2,1-6H3/t19-,20-,21+,22+/m1/s1. The van der Waals surface area contributed by atoms with Crippen LogP contribution >= 0.6 is 0 Å². The van der Waals surface area contributed by atoms with Crippen LogP contribution in [0.15, 0.2) is 0 Å². The van der Waals surface area contributed by atoms with Gasteiger partial charge in [0.05, 0.1) is 65.7 Å². The van der Waals surface area contributed by atoms with Crippen molar-refractivity contribution in [1.82, 2.24) is 9.80 Å². The van der Waals surface area contributed by atoms with Crippen LogP contribution in [0.4, 0.5) is 0 Å². The number of rotatable bonds is 8. The minimum absolute atomic E-state index is 0.0751. The molecule has 214 valence electrons. The molecule has 0 radical (unpaired) electrons. The van der Waals surface area contributed by atoms with Crippen LogP contribution in [0.2, 0.25) is 0 Å². The maximum atomic E-state index is 13.1. The monoisotopic (exact) mass is 530 g/mol. The van der Waals surface area contributed by atoms with Crippen molar-refractivity contribution in [3.05, 3.63) is 0 Å². The Labute approximate surface area is 221 Å². The molecule has 0 aromatic rings. The lowest BCUT2D eigenvalue weighted by molar-refractivity contribution is -0.147. The topological polar surface area (TPSA) is 121 Å². The molecular formula is C26H46N2O9. The van der Waals surface area contributed by atoms with Gasteiger partial charge < -0.3 is 33.5 Å². The van der Waals surface area contributed by atoms with Crippen molar-refractivity contribution in [2.75, 3.05) is 80.0 Å². The van der Waals surface area contributed by atoms with Gasteiger partial charge in [-0.05, 0) is 12.8 Å². The molecular weight excluding hydrogens is 484 g/mol. The van der Waals surface area contributed by atoms with Crippen LogP contribution in [0.5, 0.6) is 0 Å². The summed E-state index contributed by atoms with van der Waals surface area (Å²) >= 11 is 0. The molecule has 0 aliphatic carbocycles. The Hall–Kier alpha value is -2.24. The number of esters is 2. The first-order chi connectivity index (χ1) is 17.6. The van der Waals surface area contributed by atoms with E-state index in [0.29, 0.717) is 78.7 Å². The molecule has 1 aliphatic rings. The van der Waals surface area contributed by atoms with Crippen molar-refractivity contribution in [1.29, 1.82) is 0 Å². The van der Waals surface area contributed by atoms with Crippen LogP contribution in [-0.4, -0.2) is 114 Å². The van der Waals surface area contributed by atoms with Crippen molar-refractivity contribution in [2.24, 2.45) is 23.7 Å². The highest BCUT2D eigenvalue weighted by atomic mass is 16.5. The van der Waals surface area contributed by atoms with E-state index in [9.17, 15) is 19.2 Å². The van der Waals surface area contributed by atoms with Gasteiger partial charge in [0, 0.05) is 38.0 Å². The van der Waals surface area contributed by atoms with Gasteiger partial charge in [-0.25, -0.2) is 0 Å². The highest BCUT2D eigenvalue weighted by Crippen LogP contribution is 2.17. The second kappa shape index (κ2) is 18.1. The largest absolute Gasteiger partial charge is 0.469 e. The summed E-state index contributed by atoms with van der Waals surface area (Å²) in [5.41, 5.74) is 0. The number of ether oxygens (including phenoxy) is 5. The van der Waals surface area contributed by atoms with Crippen LogP contribution < -0.4 is 0 Å². The molecule has 1 saturated heterocycles. The van der Waals surface area contributed by atoms with Crippen molar-refractivity contribution >= 4 is 23.8 Å². The van der Waals surface area contributed by atoms with Crippen LogP contribution in [0, 0.1) is 23.7 Å². The molecule has 0 spiro atoms. The van der Waals surface area contributed by atoms with Crippen LogP contribution in [0.1, 0.15) is 40.5 Å². The number of carbonyl (C=O) groups is 4. The predicted molar refractivity (Wildman–Crippen MR) is 136 cm³/mol. The molecule has 11 nitrogen and oxygen atoms in total. The average molecular weight is 531 g/mol. The van der Waals surface area contributed by atoms with E-state index in [1.807, 2.05) is 0 Å². The number of methoxy groups -OCH3 is 2. The lowest BCUT2D eigenvalue weighted by Crippen LogP contribution is -2.42. The minimum Gasteiger partial charge on any atom is -0.469 e. The quantitative estimate of drug-likeness (QED) is 0.429. The maximum Gasteiger partial charge on any atom is 0.308 e. The zero-order valence-corrected chi connectivity index (χ0v) is 23.4. The first kappa shape index (κ1) is 32.8. The summed E-state index contributed by atoms with van der Waals surface area (Å²) in [6.45, 7) is 10.7. The number of hydrogen-bond acceptors (Lipinski definition) is 9. The highest BCUT2D eigenvalue weighted by Gasteiger charge is 2.27. The van der Waals surface area contributed by atoms with E-state index < -0.39 is 0 Å². The molecule has 37 heavy (non-hydrogen) atoms. The van der Waals surface area contributed by atoms with Crippen molar-refractivity contribution in [3.63, 3.8) is 0 Å². The van der Waals surface area contributed by atoms with E-state index in [0.717, 1.165) is 0 Å². The number of hydrogen-bond donors (Lipinski definition) is 0. The molecule has 1 heterocycles. The van der Waals surface area contributed by atoms with Crippen LogP contribution in [0.25, 0.3) is 0 Å². The summed E-state index contributed by atoms with van der Waals surface area (Å²) in [5, 5.41) is 0. The first-order valence-corrected chi connectivity index (χ1v) is 13.1. The summed E-state index contributed by atoms with van der Waals surface area (Å²) in [6, 6.07) is 0. The van der Waals surface area contributed by atoms with Gasteiger partial charge in [-0.2, -0.15) is 0 Å². The SMILES string of the molecule is COC(=O)[C@@H](C)C[C@@H](C)C(=O)N1CCOCCOCCN(C(=O)[C@H](C)C[C@H](C)C(=O)OC)CCOCC1. The molecule has 2 amide bonds. The molecule has 0 unspecified atom stereocenters. The van der Waals surface area contributed by atoms with Crippen LogP contribution in [-0.2, 0) is 42.9 Å². The Bertz CT molecular complexity index is 660. The summed E-state index contributed by atoms with van der Waals surface area (Å²) in [4.78, 5) is 53.0. The van der Waals surface area contributed by atoms with Gasteiger partial charge in [0.1, 0.15) is 0 Å². The van der Waals surface area contributed by atoms with E-state index >= 15 is 0 Å². The van der Waals surface area contributed by atoms with E-state index in [2.05, 4.69) is 0 Å². The third kappa shape index (κ3) is 12.2. The Morgan fingerprint density at radius 3 is 1.16 bits per heavy atom. The van der Waals surface area contributed by atoms with Gasteiger partial charge in [-0.15, -0.1) is 0 Å². The van der Waals surface area contributed by atoms with Gasteiger partial charge in [-0.3, -0.25) is 19.2 Å².